The SMILES string of the molecule is CCOCc1cc(CN(C)c2nc(C)nc(C)c2C(C)=O)ccc1-c1ccccc1S(=O)(=O)Nc1noc(C)c1C. The molecule has 11 heteroatoms. The summed E-state index contributed by atoms with van der Waals surface area (Å²) >= 11 is 0. The summed E-state index contributed by atoms with van der Waals surface area (Å²) in [6.07, 6.45) is 0. The molecule has 0 unspecified atom stereocenters. The highest BCUT2D eigenvalue weighted by Gasteiger charge is 2.24. The van der Waals surface area contributed by atoms with E-state index in [4.69, 9.17) is 9.26 Å². The summed E-state index contributed by atoms with van der Waals surface area (Å²) in [7, 11) is -2.11. The number of nitrogens with one attached hydrogen (secondary N) is 1. The lowest BCUT2D eigenvalue weighted by molar-refractivity contribution is 0.101. The van der Waals surface area contributed by atoms with E-state index in [1.807, 2.05) is 44.0 Å². The summed E-state index contributed by atoms with van der Waals surface area (Å²) in [5.41, 5.74) is 4.80. The van der Waals surface area contributed by atoms with Crippen LogP contribution in [0.1, 0.15) is 58.2 Å². The molecule has 2 heterocycles. The lowest BCUT2D eigenvalue weighted by Gasteiger charge is -2.23. The van der Waals surface area contributed by atoms with Crippen molar-refractivity contribution in [2.45, 2.75) is 59.6 Å². The van der Waals surface area contributed by atoms with Crippen molar-refractivity contribution >= 4 is 27.4 Å². The van der Waals surface area contributed by atoms with Gasteiger partial charge in [-0.05, 0) is 64.3 Å². The number of ketones is 1. The Bertz CT molecular complexity index is 1700. The minimum Gasteiger partial charge on any atom is -0.377 e. The monoisotopic (exact) mass is 577 g/mol. The van der Waals surface area contributed by atoms with Crippen LogP contribution in [0.2, 0.25) is 0 Å². The molecule has 216 valence electrons. The second kappa shape index (κ2) is 12.2. The number of hydrogen-bond acceptors (Lipinski definition) is 9. The van der Waals surface area contributed by atoms with Crippen molar-refractivity contribution in [2.75, 3.05) is 23.3 Å². The number of nitrogens with zero attached hydrogens (tertiary/aromatic N) is 4. The molecule has 0 saturated heterocycles. The molecule has 0 bridgehead atoms. The molecule has 41 heavy (non-hydrogen) atoms. The first-order valence-electron chi connectivity index (χ1n) is 13.2. The smallest absolute Gasteiger partial charge is 0.263 e. The van der Waals surface area contributed by atoms with Crippen LogP contribution in [0, 0.1) is 27.7 Å². The molecule has 0 fully saturated rings. The van der Waals surface area contributed by atoms with Crippen LogP contribution >= 0.6 is 0 Å². The van der Waals surface area contributed by atoms with Gasteiger partial charge in [-0.1, -0.05) is 41.6 Å². The third-order valence-corrected chi connectivity index (χ3v) is 8.20. The van der Waals surface area contributed by atoms with Crippen molar-refractivity contribution in [3.63, 3.8) is 0 Å². The predicted molar refractivity (Wildman–Crippen MR) is 158 cm³/mol. The number of aromatic nitrogens is 3. The van der Waals surface area contributed by atoms with Crippen molar-refractivity contribution < 1.29 is 22.5 Å². The minimum atomic E-state index is -3.99. The number of anilines is 2. The molecule has 0 amide bonds. The van der Waals surface area contributed by atoms with E-state index in [-0.39, 0.29) is 23.1 Å². The molecule has 0 aliphatic heterocycles. The van der Waals surface area contributed by atoms with Gasteiger partial charge in [0, 0.05) is 31.3 Å². The van der Waals surface area contributed by atoms with Gasteiger partial charge in [-0.2, -0.15) is 0 Å². The van der Waals surface area contributed by atoms with Crippen molar-refractivity contribution in [1.82, 2.24) is 15.1 Å². The van der Waals surface area contributed by atoms with Gasteiger partial charge in [0.2, 0.25) is 0 Å². The molecule has 0 saturated carbocycles. The Hall–Kier alpha value is -4.09. The highest BCUT2D eigenvalue weighted by molar-refractivity contribution is 7.92. The normalized spacial score (nSPS) is 11.5. The summed E-state index contributed by atoms with van der Waals surface area (Å²) in [6, 6.07) is 12.7. The molecule has 0 radical (unpaired) electrons. The number of carbonyl (C=O) groups is 1. The Labute approximate surface area is 240 Å². The first-order chi connectivity index (χ1) is 19.4. The van der Waals surface area contributed by atoms with E-state index in [2.05, 4.69) is 19.8 Å². The van der Waals surface area contributed by atoms with Gasteiger partial charge >= 0.3 is 0 Å². The third-order valence-electron chi connectivity index (χ3n) is 6.80. The first kappa shape index (κ1) is 29.9. The van der Waals surface area contributed by atoms with Crippen molar-refractivity contribution in [3.05, 3.63) is 82.0 Å². The van der Waals surface area contributed by atoms with E-state index in [0.717, 1.165) is 16.7 Å². The largest absolute Gasteiger partial charge is 0.377 e. The summed E-state index contributed by atoms with van der Waals surface area (Å²) in [5.74, 6) is 1.76. The van der Waals surface area contributed by atoms with Crippen LogP contribution in [-0.4, -0.2) is 43.0 Å². The Morgan fingerprint density at radius 1 is 1.05 bits per heavy atom. The summed E-state index contributed by atoms with van der Waals surface area (Å²) in [5, 5.41) is 3.86. The molecule has 1 N–H and O–H groups in total. The molecule has 10 nitrogen and oxygen atoms in total. The van der Waals surface area contributed by atoms with E-state index in [1.165, 1.54) is 6.92 Å². The molecule has 4 aromatic rings. The zero-order chi connectivity index (χ0) is 29.9. The number of benzene rings is 2. The van der Waals surface area contributed by atoms with Crippen molar-refractivity contribution in [3.8, 4) is 11.1 Å². The molecule has 0 aliphatic rings. The quantitative estimate of drug-likeness (QED) is 0.229. The van der Waals surface area contributed by atoms with Gasteiger partial charge in [0.1, 0.15) is 17.4 Å². The number of rotatable bonds is 11. The second-order valence-electron chi connectivity index (χ2n) is 9.91. The third kappa shape index (κ3) is 6.47. The van der Waals surface area contributed by atoms with E-state index in [0.29, 0.717) is 52.9 Å². The fourth-order valence-electron chi connectivity index (χ4n) is 4.69. The first-order valence-corrected chi connectivity index (χ1v) is 14.7. The van der Waals surface area contributed by atoms with Crippen LogP contribution in [0.4, 0.5) is 11.6 Å². The molecular weight excluding hydrogens is 542 g/mol. The van der Waals surface area contributed by atoms with Gasteiger partial charge in [-0.15, -0.1) is 0 Å². The summed E-state index contributed by atoms with van der Waals surface area (Å²) in [6.45, 7) is 11.7. The van der Waals surface area contributed by atoms with Crippen molar-refractivity contribution in [1.29, 1.82) is 0 Å². The van der Waals surface area contributed by atoms with Gasteiger partial charge in [0.25, 0.3) is 10.0 Å². The van der Waals surface area contributed by atoms with E-state index in [9.17, 15) is 13.2 Å². The van der Waals surface area contributed by atoms with Gasteiger partial charge in [0.05, 0.1) is 22.8 Å². The highest BCUT2D eigenvalue weighted by Crippen LogP contribution is 2.33. The lowest BCUT2D eigenvalue weighted by Crippen LogP contribution is -2.22. The zero-order valence-electron chi connectivity index (χ0n) is 24.4. The highest BCUT2D eigenvalue weighted by atomic mass is 32.2. The van der Waals surface area contributed by atoms with Crippen LogP contribution in [0.5, 0.6) is 0 Å². The molecule has 4 rings (SSSR count). The molecule has 0 spiro atoms. The van der Waals surface area contributed by atoms with Gasteiger partial charge in [-0.3, -0.25) is 9.52 Å². The van der Waals surface area contributed by atoms with Crippen LogP contribution in [0.25, 0.3) is 11.1 Å². The Kier molecular flexibility index (Phi) is 8.89. The Morgan fingerprint density at radius 3 is 2.44 bits per heavy atom. The number of carbonyl (C=O) groups excluding carboxylic acids is 1. The fraction of sp³-hybridized carbons (Fsp3) is 0.333. The average Bonchev–Trinajstić information content (AvgIpc) is 3.23. The van der Waals surface area contributed by atoms with Crippen molar-refractivity contribution in [2.24, 2.45) is 0 Å². The molecule has 0 atom stereocenters. The maximum absolute atomic E-state index is 13.5. The second-order valence-corrected chi connectivity index (χ2v) is 11.6. The number of hydrogen-bond donors (Lipinski definition) is 1. The molecule has 2 aromatic heterocycles. The number of Topliss-reactive ketones (excluding diaryl/α,β-unsaturated/α-hetero) is 1. The predicted octanol–water partition coefficient (Wildman–Crippen LogP) is 5.54. The van der Waals surface area contributed by atoms with Crippen LogP contribution in [0.3, 0.4) is 0 Å². The van der Waals surface area contributed by atoms with E-state index < -0.39 is 10.0 Å². The summed E-state index contributed by atoms with van der Waals surface area (Å²) < 4.78 is 40.5. The minimum absolute atomic E-state index is 0.0980. The Balaban J connectivity index is 1.73. The average molecular weight is 578 g/mol. The number of sulfonamides is 1. The van der Waals surface area contributed by atoms with Crippen LogP contribution < -0.4 is 9.62 Å². The number of ether oxygens (including phenoxy) is 1. The Morgan fingerprint density at radius 2 is 1.78 bits per heavy atom. The van der Waals surface area contributed by atoms with Crippen LogP contribution in [0.15, 0.2) is 51.9 Å². The summed E-state index contributed by atoms with van der Waals surface area (Å²) in [4.78, 5) is 23.3. The maximum Gasteiger partial charge on any atom is 0.263 e. The van der Waals surface area contributed by atoms with Gasteiger partial charge in [-0.25, -0.2) is 18.4 Å². The van der Waals surface area contributed by atoms with E-state index in [1.54, 1.807) is 45.0 Å². The molecule has 0 aliphatic carbocycles. The standard InChI is InChI=1S/C30H35N5O5S/c1-8-39-17-24-15-23(16-35(7)30-28(20(4)36)19(3)31-22(6)32-30)13-14-25(24)26-11-9-10-12-27(26)41(37,38)34-29-18(2)21(5)40-33-29/h9-15H,8,16-17H2,1-7H3,(H,33,34). The fourth-order valence-corrected chi connectivity index (χ4v) is 5.97. The van der Waals surface area contributed by atoms with Gasteiger partial charge in [0.15, 0.2) is 11.6 Å². The molecular formula is C30H35N5O5S. The maximum atomic E-state index is 13.5. The number of aryl methyl sites for hydroxylation is 3. The zero-order valence-corrected chi connectivity index (χ0v) is 25.2. The lowest BCUT2D eigenvalue weighted by atomic mass is 9.97. The molecule has 2 aromatic carbocycles. The van der Waals surface area contributed by atoms with E-state index >= 15 is 0 Å². The van der Waals surface area contributed by atoms with Gasteiger partial charge < -0.3 is 14.2 Å². The van der Waals surface area contributed by atoms with Crippen LogP contribution in [-0.2, 0) is 27.9 Å². The topological polar surface area (TPSA) is 128 Å².